The second-order valence-electron chi connectivity index (χ2n) is 5.63. The van der Waals surface area contributed by atoms with E-state index in [-0.39, 0.29) is 11.8 Å². The summed E-state index contributed by atoms with van der Waals surface area (Å²) >= 11 is 6.10. The summed E-state index contributed by atoms with van der Waals surface area (Å²) in [6.45, 7) is 7.57. The van der Waals surface area contributed by atoms with Gasteiger partial charge >= 0.3 is 0 Å². The number of rotatable bonds is 5. The van der Waals surface area contributed by atoms with Gasteiger partial charge in [-0.15, -0.1) is 0 Å². The molecule has 0 bridgehead atoms. The van der Waals surface area contributed by atoms with Crippen LogP contribution < -0.4 is 5.32 Å². The first-order valence-electron chi connectivity index (χ1n) is 6.35. The van der Waals surface area contributed by atoms with Crippen molar-refractivity contribution < 1.29 is 8.42 Å². The molecule has 108 valence electrons. The van der Waals surface area contributed by atoms with E-state index in [0.717, 1.165) is 5.56 Å². The number of halogens is 1. The first-order valence-corrected chi connectivity index (χ1v) is 8.38. The van der Waals surface area contributed by atoms with Gasteiger partial charge in [0.2, 0.25) is 0 Å². The van der Waals surface area contributed by atoms with E-state index < -0.39 is 14.6 Å². The first-order chi connectivity index (χ1) is 8.65. The summed E-state index contributed by atoms with van der Waals surface area (Å²) < 4.78 is 23.2. The molecule has 1 unspecified atom stereocenters. The zero-order valence-corrected chi connectivity index (χ0v) is 13.5. The quantitative estimate of drug-likeness (QED) is 0.908. The number of hydrogen-bond donors (Lipinski definition) is 1. The third-order valence-corrected chi connectivity index (χ3v) is 6.08. The zero-order chi connectivity index (χ0) is 14.7. The number of nitrogens with one attached hydrogen (secondary N) is 1. The Morgan fingerprint density at radius 1 is 1.26 bits per heavy atom. The molecule has 0 heterocycles. The molecule has 1 atom stereocenters. The lowest BCUT2D eigenvalue weighted by atomic mass is 10.1. The standard InChI is InChI=1S/C14H22ClNO2S/c1-11(12-7-5-6-8-13(12)15)16-9-10-19(17,18)14(2,3)4/h5-8,11,16H,9-10H2,1-4H3. The Balaban J connectivity index is 2.58. The minimum absolute atomic E-state index is 0.0314. The molecule has 0 amide bonds. The summed E-state index contributed by atoms with van der Waals surface area (Å²) in [5.41, 5.74) is 0.984. The van der Waals surface area contributed by atoms with Gasteiger partial charge in [0.15, 0.2) is 9.84 Å². The third kappa shape index (κ3) is 4.48. The van der Waals surface area contributed by atoms with E-state index in [1.807, 2.05) is 31.2 Å². The SMILES string of the molecule is CC(NCCS(=O)(=O)C(C)(C)C)c1ccccc1Cl. The van der Waals surface area contributed by atoms with Gasteiger partial charge in [-0.05, 0) is 39.3 Å². The van der Waals surface area contributed by atoms with Crippen molar-refractivity contribution in [3.8, 4) is 0 Å². The third-order valence-electron chi connectivity index (χ3n) is 3.13. The Morgan fingerprint density at radius 2 is 1.84 bits per heavy atom. The topological polar surface area (TPSA) is 46.2 Å². The van der Waals surface area contributed by atoms with Crippen LogP contribution in [0.1, 0.15) is 39.3 Å². The molecular formula is C14H22ClNO2S. The lowest BCUT2D eigenvalue weighted by Crippen LogP contribution is -2.35. The summed E-state index contributed by atoms with van der Waals surface area (Å²) in [6.07, 6.45) is 0. The van der Waals surface area contributed by atoms with Crippen LogP contribution in [0.5, 0.6) is 0 Å². The van der Waals surface area contributed by atoms with Crippen LogP contribution >= 0.6 is 11.6 Å². The van der Waals surface area contributed by atoms with Crippen LogP contribution in [-0.4, -0.2) is 25.5 Å². The highest BCUT2D eigenvalue weighted by Crippen LogP contribution is 2.22. The fourth-order valence-electron chi connectivity index (χ4n) is 1.65. The van der Waals surface area contributed by atoms with Gasteiger partial charge in [0, 0.05) is 17.6 Å². The Kier molecular flexibility index (Phi) is 5.42. The summed E-state index contributed by atoms with van der Waals surface area (Å²) in [7, 11) is -3.08. The maximum absolute atomic E-state index is 12.0. The van der Waals surface area contributed by atoms with Crippen LogP contribution in [0.25, 0.3) is 0 Å². The molecule has 19 heavy (non-hydrogen) atoms. The molecule has 1 rings (SSSR count). The van der Waals surface area contributed by atoms with Crippen molar-refractivity contribution >= 4 is 21.4 Å². The van der Waals surface area contributed by atoms with E-state index in [2.05, 4.69) is 5.32 Å². The molecule has 0 aromatic heterocycles. The van der Waals surface area contributed by atoms with E-state index in [1.54, 1.807) is 20.8 Å². The molecule has 0 radical (unpaired) electrons. The van der Waals surface area contributed by atoms with Crippen LogP contribution in [0.2, 0.25) is 5.02 Å². The average molecular weight is 304 g/mol. The summed E-state index contributed by atoms with van der Waals surface area (Å²) in [6, 6.07) is 7.61. The molecule has 1 aromatic carbocycles. The lowest BCUT2D eigenvalue weighted by molar-refractivity contribution is 0.546. The normalized spacial score (nSPS) is 14.4. The molecule has 3 nitrogen and oxygen atoms in total. The van der Waals surface area contributed by atoms with Crippen molar-refractivity contribution in [1.82, 2.24) is 5.32 Å². The maximum Gasteiger partial charge on any atom is 0.156 e. The Morgan fingerprint density at radius 3 is 2.37 bits per heavy atom. The van der Waals surface area contributed by atoms with Crippen LogP contribution in [0.4, 0.5) is 0 Å². The predicted molar refractivity (Wildman–Crippen MR) is 81.4 cm³/mol. The van der Waals surface area contributed by atoms with Crippen LogP contribution in [-0.2, 0) is 9.84 Å². The van der Waals surface area contributed by atoms with E-state index >= 15 is 0 Å². The van der Waals surface area contributed by atoms with Gasteiger partial charge in [0.25, 0.3) is 0 Å². The van der Waals surface area contributed by atoms with E-state index in [1.165, 1.54) is 0 Å². The average Bonchev–Trinajstić information content (AvgIpc) is 2.27. The summed E-state index contributed by atoms with van der Waals surface area (Å²) in [5, 5.41) is 3.90. The van der Waals surface area contributed by atoms with Crippen molar-refractivity contribution in [2.45, 2.75) is 38.5 Å². The molecular weight excluding hydrogens is 282 g/mol. The number of sulfone groups is 1. The zero-order valence-electron chi connectivity index (χ0n) is 11.9. The van der Waals surface area contributed by atoms with Gasteiger partial charge in [0.1, 0.15) is 0 Å². The van der Waals surface area contributed by atoms with Crippen LogP contribution in [0.15, 0.2) is 24.3 Å². The number of hydrogen-bond acceptors (Lipinski definition) is 3. The van der Waals surface area contributed by atoms with Crippen molar-refractivity contribution in [3.05, 3.63) is 34.9 Å². The molecule has 1 aromatic rings. The Labute approximate surface area is 121 Å². The fraction of sp³-hybridized carbons (Fsp3) is 0.571. The molecule has 0 aliphatic rings. The van der Waals surface area contributed by atoms with Crippen molar-refractivity contribution in [3.63, 3.8) is 0 Å². The van der Waals surface area contributed by atoms with Crippen LogP contribution in [0.3, 0.4) is 0 Å². The molecule has 1 N–H and O–H groups in total. The highest BCUT2D eigenvalue weighted by Gasteiger charge is 2.28. The van der Waals surface area contributed by atoms with Gasteiger partial charge in [0.05, 0.1) is 10.5 Å². The Hall–Kier alpha value is -0.580. The van der Waals surface area contributed by atoms with Gasteiger partial charge in [-0.2, -0.15) is 0 Å². The second-order valence-corrected chi connectivity index (χ2v) is 8.90. The largest absolute Gasteiger partial charge is 0.309 e. The van der Waals surface area contributed by atoms with Crippen molar-refractivity contribution in [1.29, 1.82) is 0 Å². The first kappa shape index (κ1) is 16.5. The van der Waals surface area contributed by atoms with Crippen molar-refractivity contribution in [2.24, 2.45) is 0 Å². The molecule has 0 spiro atoms. The summed E-state index contributed by atoms with van der Waals surface area (Å²) in [4.78, 5) is 0. The molecule has 0 saturated carbocycles. The minimum atomic E-state index is -3.08. The Bertz CT molecular complexity index is 520. The van der Waals surface area contributed by atoms with E-state index in [4.69, 9.17) is 11.6 Å². The van der Waals surface area contributed by atoms with Crippen LogP contribution in [0, 0.1) is 0 Å². The molecule has 0 aliphatic heterocycles. The number of benzene rings is 1. The smallest absolute Gasteiger partial charge is 0.156 e. The maximum atomic E-state index is 12.0. The fourth-order valence-corrected chi connectivity index (χ4v) is 2.95. The van der Waals surface area contributed by atoms with Gasteiger partial charge in [-0.3, -0.25) is 0 Å². The monoisotopic (exact) mass is 303 g/mol. The minimum Gasteiger partial charge on any atom is -0.309 e. The molecule has 0 fully saturated rings. The highest BCUT2D eigenvalue weighted by atomic mass is 35.5. The summed E-state index contributed by atoms with van der Waals surface area (Å²) in [5.74, 6) is 0.130. The van der Waals surface area contributed by atoms with E-state index in [0.29, 0.717) is 11.6 Å². The molecule has 5 heteroatoms. The predicted octanol–water partition coefficient (Wildman–Crippen LogP) is 3.20. The van der Waals surface area contributed by atoms with Gasteiger partial charge < -0.3 is 5.32 Å². The van der Waals surface area contributed by atoms with Crippen molar-refractivity contribution in [2.75, 3.05) is 12.3 Å². The lowest BCUT2D eigenvalue weighted by Gasteiger charge is -2.21. The highest BCUT2D eigenvalue weighted by molar-refractivity contribution is 7.92. The second kappa shape index (κ2) is 6.25. The van der Waals surface area contributed by atoms with E-state index in [9.17, 15) is 8.42 Å². The van der Waals surface area contributed by atoms with Gasteiger partial charge in [-0.25, -0.2) is 8.42 Å². The van der Waals surface area contributed by atoms with Gasteiger partial charge in [-0.1, -0.05) is 29.8 Å². The molecule has 0 saturated heterocycles. The molecule has 0 aliphatic carbocycles.